The Kier molecular flexibility index (Phi) is 3.40. The summed E-state index contributed by atoms with van der Waals surface area (Å²) < 4.78 is 11.5. The fourth-order valence-corrected chi connectivity index (χ4v) is 3.17. The number of hydrogen-bond acceptors (Lipinski definition) is 5. The highest BCUT2D eigenvalue weighted by Crippen LogP contribution is 2.25. The van der Waals surface area contributed by atoms with Crippen molar-refractivity contribution in [3.8, 4) is 5.75 Å². The molecule has 1 fully saturated rings. The summed E-state index contributed by atoms with van der Waals surface area (Å²) in [5, 5.41) is 2.68. The van der Waals surface area contributed by atoms with Gasteiger partial charge in [0.1, 0.15) is 5.75 Å². The molecule has 1 aromatic carbocycles. The summed E-state index contributed by atoms with van der Waals surface area (Å²) in [7, 11) is 1.61. The molecule has 0 radical (unpaired) electrons. The first-order valence-electron chi connectivity index (χ1n) is 6.22. The van der Waals surface area contributed by atoms with Crippen molar-refractivity contribution in [1.82, 2.24) is 0 Å². The predicted molar refractivity (Wildman–Crippen MR) is 77.7 cm³/mol. The van der Waals surface area contributed by atoms with Crippen molar-refractivity contribution in [1.29, 1.82) is 0 Å². The van der Waals surface area contributed by atoms with E-state index in [1.807, 2.05) is 23.6 Å². The van der Waals surface area contributed by atoms with E-state index in [4.69, 9.17) is 9.47 Å². The summed E-state index contributed by atoms with van der Waals surface area (Å²) in [6, 6.07) is 5.63. The van der Waals surface area contributed by atoms with Gasteiger partial charge in [-0.15, -0.1) is 11.3 Å². The van der Waals surface area contributed by atoms with Crippen molar-refractivity contribution in [3.63, 3.8) is 0 Å². The summed E-state index contributed by atoms with van der Waals surface area (Å²) in [6.45, 7) is 2.91. The van der Waals surface area contributed by atoms with Gasteiger partial charge in [0.15, 0.2) is 0 Å². The quantitative estimate of drug-likeness (QED) is 0.842. The van der Waals surface area contributed by atoms with Crippen LogP contribution < -0.4 is 15.1 Å². The lowest BCUT2D eigenvalue weighted by Gasteiger charge is -2.28. The molecule has 1 aromatic heterocycles. The lowest BCUT2D eigenvalue weighted by atomic mass is 10.2. The number of rotatable bonds is 2. The van der Waals surface area contributed by atoms with Crippen LogP contribution in [-0.2, 0) is 4.74 Å². The molecular formula is C14H15NO3S. The van der Waals surface area contributed by atoms with Crippen molar-refractivity contribution in [2.45, 2.75) is 0 Å². The minimum atomic E-state index is 0.0783. The Morgan fingerprint density at radius 2 is 2.11 bits per heavy atom. The summed E-state index contributed by atoms with van der Waals surface area (Å²) in [4.78, 5) is 14.7. The first-order valence-corrected chi connectivity index (χ1v) is 7.10. The zero-order chi connectivity index (χ0) is 13.2. The third-order valence-corrected chi connectivity index (χ3v) is 4.26. The number of methoxy groups -OCH3 is 1. The minimum absolute atomic E-state index is 0.0783. The second-order valence-corrected chi connectivity index (χ2v) is 5.32. The third kappa shape index (κ3) is 2.31. The monoisotopic (exact) mass is 277 g/mol. The minimum Gasteiger partial charge on any atom is -0.497 e. The molecule has 0 atom stereocenters. The maximum atomic E-state index is 12.6. The highest BCUT2D eigenvalue weighted by Gasteiger charge is 2.16. The van der Waals surface area contributed by atoms with E-state index in [0.717, 1.165) is 34.6 Å². The second-order valence-electron chi connectivity index (χ2n) is 4.41. The third-order valence-electron chi connectivity index (χ3n) is 3.31. The van der Waals surface area contributed by atoms with Crippen LogP contribution in [0.5, 0.6) is 5.75 Å². The Morgan fingerprint density at radius 1 is 1.32 bits per heavy atom. The van der Waals surface area contributed by atoms with Gasteiger partial charge < -0.3 is 14.4 Å². The van der Waals surface area contributed by atoms with Crippen LogP contribution in [0.2, 0.25) is 0 Å². The van der Waals surface area contributed by atoms with Crippen molar-refractivity contribution < 1.29 is 9.47 Å². The van der Waals surface area contributed by atoms with Crippen LogP contribution in [0.15, 0.2) is 28.4 Å². The maximum Gasteiger partial charge on any atom is 0.211 e. The molecule has 19 heavy (non-hydrogen) atoms. The van der Waals surface area contributed by atoms with Gasteiger partial charge in [-0.3, -0.25) is 4.79 Å². The van der Waals surface area contributed by atoms with E-state index in [9.17, 15) is 4.79 Å². The molecule has 4 nitrogen and oxygen atoms in total. The molecule has 1 aliphatic heterocycles. The van der Waals surface area contributed by atoms with Gasteiger partial charge in [0.25, 0.3) is 0 Å². The van der Waals surface area contributed by atoms with E-state index < -0.39 is 0 Å². The van der Waals surface area contributed by atoms with Crippen LogP contribution in [0.1, 0.15) is 0 Å². The molecule has 0 N–H and O–H groups in total. The number of anilines is 1. The zero-order valence-corrected chi connectivity index (χ0v) is 11.5. The van der Waals surface area contributed by atoms with Gasteiger partial charge in [0.2, 0.25) is 5.43 Å². The number of nitrogens with zero attached hydrogens (tertiary/aromatic N) is 1. The van der Waals surface area contributed by atoms with Gasteiger partial charge in [-0.1, -0.05) is 0 Å². The van der Waals surface area contributed by atoms with Gasteiger partial charge in [0.05, 0.1) is 26.0 Å². The number of ether oxygens (including phenoxy) is 2. The number of morpholine rings is 1. The normalized spacial score (nSPS) is 15.7. The molecule has 0 saturated carbocycles. The molecule has 3 rings (SSSR count). The number of benzene rings is 1. The van der Waals surface area contributed by atoms with Crippen molar-refractivity contribution in [2.75, 3.05) is 38.3 Å². The lowest BCUT2D eigenvalue weighted by Crippen LogP contribution is -2.38. The molecule has 1 saturated heterocycles. The zero-order valence-electron chi connectivity index (χ0n) is 10.7. The Labute approximate surface area is 115 Å². The van der Waals surface area contributed by atoms with Crippen molar-refractivity contribution in [3.05, 3.63) is 33.8 Å². The first kappa shape index (κ1) is 12.4. The molecule has 2 aromatic rings. The molecule has 0 aliphatic carbocycles. The van der Waals surface area contributed by atoms with Crippen LogP contribution in [0, 0.1) is 0 Å². The molecule has 2 heterocycles. The molecular weight excluding hydrogens is 262 g/mol. The average Bonchev–Trinajstić information content (AvgIpc) is 2.48. The smallest absolute Gasteiger partial charge is 0.211 e. The number of fused-ring (bicyclic) bond motifs is 1. The largest absolute Gasteiger partial charge is 0.497 e. The summed E-state index contributed by atoms with van der Waals surface area (Å²) >= 11 is 1.59. The van der Waals surface area contributed by atoms with Crippen LogP contribution in [-0.4, -0.2) is 33.4 Å². The van der Waals surface area contributed by atoms with E-state index in [1.165, 1.54) is 0 Å². The average molecular weight is 277 g/mol. The summed E-state index contributed by atoms with van der Waals surface area (Å²) in [5.41, 5.74) is 0.851. The van der Waals surface area contributed by atoms with E-state index in [1.54, 1.807) is 18.4 Å². The summed E-state index contributed by atoms with van der Waals surface area (Å²) in [5.74, 6) is 0.718. The van der Waals surface area contributed by atoms with E-state index in [0.29, 0.717) is 13.2 Å². The molecule has 1 aliphatic rings. The Bertz CT molecular complexity index is 647. The predicted octanol–water partition coefficient (Wildman–Crippen LogP) is 2.11. The SMILES string of the molecule is COc1ccc2scc(N3CCOCC3)c(=O)c2c1. The highest BCUT2D eigenvalue weighted by molar-refractivity contribution is 7.16. The number of hydrogen-bond donors (Lipinski definition) is 0. The van der Waals surface area contributed by atoms with E-state index >= 15 is 0 Å². The fourth-order valence-electron chi connectivity index (χ4n) is 2.25. The van der Waals surface area contributed by atoms with Crippen LogP contribution in [0.4, 0.5) is 5.69 Å². The van der Waals surface area contributed by atoms with E-state index in [2.05, 4.69) is 4.90 Å². The Morgan fingerprint density at radius 3 is 2.84 bits per heavy atom. The molecule has 0 unspecified atom stereocenters. The molecule has 0 bridgehead atoms. The Balaban J connectivity index is 2.10. The van der Waals surface area contributed by atoms with Gasteiger partial charge >= 0.3 is 0 Å². The van der Waals surface area contributed by atoms with E-state index in [-0.39, 0.29) is 5.43 Å². The Hall–Kier alpha value is -1.59. The molecule has 5 heteroatoms. The highest BCUT2D eigenvalue weighted by atomic mass is 32.1. The molecule has 0 spiro atoms. The van der Waals surface area contributed by atoms with Gasteiger partial charge in [-0.25, -0.2) is 0 Å². The van der Waals surface area contributed by atoms with Crippen molar-refractivity contribution in [2.24, 2.45) is 0 Å². The van der Waals surface area contributed by atoms with Crippen molar-refractivity contribution >= 4 is 27.1 Å². The topological polar surface area (TPSA) is 38.8 Å². The lowest BCUT2D eigenvalue weighted by molar-refractivity contribution is 0.122. The van der Waals surface area contributed by atoms with Crippen LogP contribution >= 0.6 is 11.3 Å². The fraction of sp³-hybridized carbons (Fsp3) is 0.357. The summed E-state index contributed by atoms with van der Waals surface area (Å²) in [6.07, 6.45) is 0. The first-order chi connectivity index (χ1) is 9.29. The molecule has 0 amide bonds. The maximum absolute atomic E-state index is 12.6. The standard InChI is InChI=1S/C14H15NO3S/c1-17-10-2-3-13-11(8-10)14(16)12(9-19-13)15-4-6-18-7-5-15/h2-3,8-9H,4-7H2,1H3. The second kappa shape index (κ2) is 5.19. The van der Waals surface area contributed by atoms with Gasteiger partial charge in [0, 0.05) is 28.6 Å². The van der Waals surface area contributed by atoms with Gasteiger partial charge in [-0.2, -0.15) is 0 Å². The van der Waals surface area contributed by atoms with Crippen LogP contribution in [0.3, 0.4) is 0 Å². The molecule has 100 valence electrons. The van der Waals surface area contributed by atoms with Crippen LogP contribution in [0.25, 0.3) is 10.1 Å². The van der Waals surface area contributed by atoms with Gasteiger partial charge in [-0.05, 0) is 18.2 Å².